The lowest BCUT2D eigenvalue weighted by molar-refractivity contribution is -0.128. The Morgan fingerprint density at radius 3 is 2.49 bits per heavy atom. The van der Waals surface area contributed by atoms with E-state index in [4.69, 9.17) is 22.1 Å². The second-order valence-corrected chi connectivity index (χ2v) is 8.07. The number of hydrogen-bond acceptors (Lipinski definition) is 5. The molecule has 4 rings (SSSR count). The number of fused-ring (bicyclic) bond motifs is 1. The van der Waals surface area contributed by atoms with Gasteiger partial charge in [-0.1, -0.05) is 48.0 Å². The highest BCUT2D eigenvalue weighted by molar-refractivity contribution is 6.30. The molecule has 3 aromatic carbocycles. The summed E-state index contributed by atoms with van der Waals surface area (Å²) < 4.78 is 5.49. The van der Waals surface area contributed by atoms with E-state index in [0.29, 0.717) is 27.6 Å². The molecular formula is C26H21ClN4O4. The minimum absolute atomic E-state index is 0.322. The van der Waals surface area contributed by atoms with E-state index in [9.17, 15) is 14.4 Å². The van der Waals surface area contributed by atoms with Crippen LogP contribution in [0.5, 0.6) is 5.75 Å². The van der Waals surface area contributed by atoms with Gasteiger partial charge in [0.2, 0.25) is 5.91 Å². The van der Waals surface area contributed by atoms with Crippen molar-refractivity contribution < 1.29 is 19.1 Å². The lowest BCUT2D eigenvalue weighted by Crippen LogP contribution is -2.39. The highest BCUT2D eigenvalue weighted by Crippen LogP contribution is 2.24. The highest BCUT2D eigenvalue weighted by atomic mass is 35.5. The van der Waals surface area contributed by atoms with Gasteiger partial charge in [0.05, 0.1) is 11.9 Å². The Bertz CT molecular complexity index is 1390. The molecule has 0 aliphatic heterocycles. The number of halogens is 1. The molecule has 0 aliphatic rings. The molecule has 3 amide bonds. The van der Waals surface area contributed by atoms with Crippen molar-refractivity contribution in [3.63, 3.8) is 0 Å². The number of hydrogen-bond donors (Lipinski definition) is 3. The predicted octanol–water partition coefficient (Wildman–Crippen LogP) is 3.86. The predicted molar refractivity (Wildman–Crippen MR) is 133 cm³/mol. The summed E-state index contributed by atoms with van der Waals surface area (Å²) >= 11 is 6.13. The zero-order valence-corrected chi connectivity index (χ0v) is 19.2. The monoisotopic (exact) mass is 488 g/mol. The number of anilines is 1. The highest BCUT2D eigenvalue weighted by Gasteiger charge is 2.24. The number of nitrogens with two attached hydrogens (primary N) is 1. The zero-order valence-electron chi connectivity index (χ0n) is 18.4. The molecule has 0 bridgehead atoms. The van der Waals surface area contributed by atoms with Gasteiger partial charge in [0.1, 0.15) is 11.8 Å². The second-order valence-electron chi connectivity index (χ2n) is 7.63. The average Bonchev–Trinajstić information content (AvgIpc) is 2.86. The maximum absolute atomic E-state index is 13.3. The standard InChI is InChI=1S/C26H21ClN4O4/c27-19-6-3-5-17(12-19)24(26(34)30-22-14-29-13-18-4-1-2-7-21(18)22)31-23(32)15-35-20-10-8-16(9-11-20)25(28)33/h1-14,24H,15H2,(H2,28,33)(H,30,34)(H,31,32). The molecule has 176 valence electrons. The molecular weight excluding hydrogens is 468 g/mol. The van der Waals surface area contributed by atoms with Gasteiger partial charge in [0, 0.05) is 27.6 Å². The van der Waals surface area contributed by atoms with Crippen molar-refractivity contribution in [1.82, 2.24) is 10.3 Å². The van der Waals surface area contributed by atoms with Gasteiger partial charge < -0.3 is 21.1 Å². The van der Waals surface area contributed by atoms with Gasteiger partial charge in [-0.05, 0) is 42.0 Å². The van der Waals surface area contributed by atoms with Gasteiger partial charge >= 0.3 is 0 Å². The van der Waals surface area contributed by atoms with Crippen LogP contribution in [0, 0.1) is 0 Å². The van der Waals surface area contributed by atoms with Crippen LogP contribution in [-0.2, 0) is 9.59 Å². The first-order chi connectivity index (χ1) is 16.9. The van der Waals surface area contributed by atoms with Gasteiger partial charge in [0.25, 0.3) is 11.8 Å². The van der Waals surface area contributed by atoms with Crippen molar-refractivity contribution in [2.45, 2.75) is 6.04 Å². The Labute approximate surface area is 206 Å². The molecule has 1 atom stereocenters. The van der Waals surface area contributed by atoms with Crippen molar-refractivity contribution in [1.29, 1.82) is 0 Å². The van der Waals surface area contributed by atoms with Crippen LogP contribution in [0.1, 0.15) is 22.0 Å². The summed E-state index contributed by atoms with van der Waals surface area (Å²) in [5.74, 6) is -1.19. The van der Waals surface area contributed by atoms with E-state index in [0.717, 1.165) is 10.8 Å². The maximum Gasteiger partial charge on any atom is 0.258 e. The second kappa shape index (κ2) is 10.7. The molecule has 0 saturated carbocycles. The largest absolute Gasteiger partial charge is 0.484 e. The van der Waals surface area contributed by atoms with E-state index < -0.39 is 23.8 Å². The van der Waals surface area contributed by atoms with Crippen LogP contribution in [0.2, 0.25) is 5.02 Å². The Morgan fingerprint density at radius 2 is 1.74 bits per heavy atom. The summed E-state index contributed by atoms with van der Waals surface area (Å²) in [4.78, 5) is 41.4. The molecule has 0 saturated heterocycles. The number of nitrogens with one attached hydrogen (secondary N) is 2. The molecule has 0 aliphatic carbocycles. The third kappa shape index (κ3) is 5.93. The summed E-state index contributed by atoms with van der Waals surface area (Å²) in [5.41, 5.74) is 6.56. The van der Waals surface area contributed by atoms with Crippen LogP contribution in [0.4, 0.5) is 5.69 Å². The number of carbonyl (C=O) groups excluding carboxylic acids is 3. The minimum atomic E-state index is -1.04. The lowest BCUT2D eigenvalue weighted by atomic mass is 10.1. The van der Waals surface area contributed by atoms with E-state index in [2.05, 4.69) is 15.6 Å². The van der Waals surface area contributed by atoms with E-state index >= 15 is 0 Å². The van der Waals surface area contributed by atoms with Gasteiger partial charge in [-0.3, -0.25) is 19.4 Å². The average molecular weight is 489 g/mol. The number of primary amides is 1. The van der Waals surface area contributed by atoms with Crippen molar-refractivity contribution in [2.75, 3.05) is 11.9 Å². The first-order valence-corrected chi connectivity index (χ1v) is 11.0. The van der Waals surface area contributed by atoms with Crippen molar-refractivity contribution in [3.05, 3.63) is 101 Å². The smallest absolute Gasteiger partial charge is 0.258 e. The van der Waals surface area contributed by atoms with E-state index in [1.807, 2.05) is 24.3 Å². The lowest BCUT2D eigenvalue weighted by Gasteiger charge is -2.20. The fraction of sp³-hybridized carbons (Fsp3) is 0.0769. The van der Waals surface area contributed by atoms with Crippen LogP contribution in [0.3, 0.4) is 0 Å². The van der Waals surface area contributed by atoms with Crippen LogP contribution in [-0.4, -0.2) is 29.3 Å². The molecule has 8 nitrogen and oxygen atoms in total. The quantitative estimate of drug-likeness (QED) is 0.347. The Balaban J connectivity index is 1.51. The Hall–Kier alpha value is -4.43. The van der Waals surface area contributed by atoms with Gasteiger partial charge in [-0.15, -0.1) is 0 Å². The summed E-state index contributed by atoms with van der Waals surface area (Å²) in [6, 6.07) is 19.2. The number of aromatic nitrogens is 1. The molecule has 0 fully saturated rings. The molecule has 0 spiro atoms. The fourth-order valence-electron chi connectivity index (χ4n) is 3.47. The molecule has 1 aromatic heterocycles. The van der Waals surface area contributed by atoms with Gasteiger partial charge in [-0.2, -0.15) is 0 Å². The van der Waals surface area contributed by atoms with Crippen molar-refractivity contribution in [3.8, 4) is 5.75 Å². The molecule has 9 heteroatoms. The van der Waals surface area contributed by atoms with Crippen LogP contribution < -0.4 is 21.1 Å². The zero-order chi connectivity index (χ0) is 24.8. The molecule has 35 heavy (non-hydrogen) atoms. The number of nitrogens with zero attached hydrogens (tertiary/aromatic N) is 1. The number of carbonyl (C=O) groups is 3. The van der Waals surface area contributed by atoms with Crippen molar-refractivity contribution >= 4 is 45.8 Å². The number of ether oxygens (including phenoxy) is 1. The fourth-order valence-corrected chi connectivity index (χ4v) is 3.67. The third-order valence-electron chi connectivity index (χ3n) is 5.18. The first kappa shape index (κ1) is 23.7. The Morgan fingerprint density at radius 1 is 0.971 bits per heavy atom. The van der Waals surface area contributed by atoms with E-state index in [-0.39, 0.29) is 6.61 Å². The van der Waals surface area contributed by atoms with E-state index in [1.165, 1.54) is 24.3 Å². The van der Waals surface area contributed by atoms with Gasteiger partial charge in [0.15, 0.2) is 6.61 Å². The molecule has 4 aromatic rings. The van der Waals surface area contributed by atoms with Gasteiger partial charge in [-0.25, -0.2) is 0 Å². The Kier molecular flexibility index (Phi) is 7.23. The normalized spacial score (nSPS) is 11.5. The summed E-state index contributed by atoms with van der Waals surface area (Å²) in [6.45, 7) is -0.351. The molecule has 1 unspecified atom stereocenters. The number of rotatable bonds is 8. The number of pyridine rings is 1. The van der Waals surface area contributed by atoms with Crippen LogP contribution in [0.25, 0.3) is 10.8 Å². The van der Waals surface area contributed by atoms with Crippen LogP contribution in [0.15, 0.2) is 85.2 Å². The SMILES string of the molecule is NC(=O)c1ccc(OCC(=O)NC(C(=O)Nc2cncc3ccccc23)c2cccc(Cl)c2)cc1. The topological polar surface area (TPSA) is 123 Å². The minimum Gasteiger partial charge on any atom is -0.484 e. The summed E-state index contributed by atoms with van der Waals surface area (Å²) in [6.07, 6.45) is 3.25. The number of amides is 3. The summed E-state index contributed by atoms with van der Waals surface area (Å²) in [5, 5.41) is 7.66. The molecule has 1 heterocycles. The van der Waals surface area contributed by atoms with E-state index in [1.54, 1.807) is 36.7 Å². The first-order valence-electron chi connectivity index (χ1n) is 10.6. The van der Waals surface area contributed by atoms with Crippen LogP contribution >= 0.6 is 11.6 Å². The number of benzene rings is 3. The molecule has 4 N–H and O–H groups in total. The molecule has 0 radical (unpaired) electrons. The summed E-state index contributed by atoms with van der Waals surface area (Å²) in [7, 11) is 0. The maximum atomic E-state index is 13.3. The van der Waals surface area contributed by atoms with Crippen molar-refractivity contribution in [2.24, 2.45) is 5.73 Å². The third-order valence-corrected chi connectivity index (χ3v) is 5.42.